The molecule has 1 aliphatic heterocycles. The minimum absolute atomic E-state index is 0.499. The molecule has 1 atom stereocenters. The molecule has 15 heavy (non-hydrogen) atoms. The van der Waals surface area contributed by atoms with Crippen molar-refractivity contribution in [2.45, 2.75) is 31.2 Å². The highest BCUT2D eigenvalue weighted by molar-refractivity contribution is 5.29. The van der Waals surface area contributed by atoms with Crippen LogP contribution in [0.5, 0.6) is 0 Å². The number of rotatable bonds is 3. The van der Waals surface area contributed by atoms with E-state index in [0.717, 1.165) is 25.5 Å². The second-order valence-electron chi connectivity index (χ2n) is 4.41. The first kappa shape index (κ1) is 9.09. The summed E-state index contributed by atoms with van der Waals surface area (Å²) in [5.74, 6) is 1.50. The van der Waals surface area contributed by atoms with Gasteiger partial charge in [-0.3, -0.25) is 0 Å². The number of hydrogen-bond donors (Lipinski definition) is 2. The zero-order chi connectivity index (χ0) is 10.1. The summed E-state index contributed by atoms with van der Waals surface area (Å²) in [6.45, 7) is 2.12. The molecule has 0 spiro atoms. The zero-order valence-electron chi connectivity index (χ0n) is 8.74. The van der Waals surface area contributed by atoms with Crippen molar-refractivity contribution in [3.05, 3.63) is 18.0 Å². The second kappa shape index (κ2) is 3.77. The summed E-state index contributed by atoms with van der Waals surface area (Å²) >= 11 is 0. The molecule has 3 rings (SSSR count). The van der Waals surface area contributed by atoms with Gasteiger partial charge < -0.3 is 10.6 Å². The molecule has 1 aromatic heterocycles. The van der Waals surface area contributed by atoms with Crippen LogP contribution in [0.15, 0.2) is 12.3 Å². The predicted molar refractivity (Wildman–Crippen MR) is 58.9 cm³/mol. The molecular weight excluding hydrogens is 188 g/mol. The average molecular weight is 204 g/mol. The Hall–Kier alpha value is -1.16. The molecular formula is C11H16N4. The van der Waals surface area contributed by atoms with Gasteiger partial charge in [-0.15, -0.1) is 0 Å². The lowest BCUT2D eigenvalue weighted by Gasteiger charge is -2.11. The van der Waals surface area contributed by atoms with E-state index in [2.05, 4.69) is 20.6 Å². The summed E-state index contributed by atoms with van der Waals surface area (Å²) in [5.41, 5.74) is 1.21. The van der Waals surface area contributed by atoms with Gasteiger partial charge in [-0.1, -0.05) is 0 Å². The van der Waals surface area contributed by atoms with Gasteiger partial charge in [0.05, 0.1) is 0 Å². The molecule has 1 saturated carbocycles. The minimum Gasteiger partial charge on any atom is -0.350 e. The standard InChI is InChI=1S/C11H16N4/c1-2-8(1)10-4-6-13-11(15-10)14-9-3-5-12-7-9/h4,6,8-9,12H,1-3,5,7H2,(H,13,14,15)/t9-/m0/s1. The van der Waals surface area contributed by atoms with E-state index in [1.807, 2.05) is 12.3 Å². The Morgan fingerprint density at radius 3 is 3.00 bits per heavy atom. The molecule has 2 fully saturated rings. The lowest BCUT2D eigenvalue weighted by atomic mass is 10.2. The molecule has 0 amide bonds. The largest absolute Gasteiger partial charge is 0.350 e. The Bertz CT molecular complexity index is 342. The molecule has 1 aromatic rings. The van der Waals surface area contributed by atoms with Crippen molar-refractivity contribution >= 4 is 5.95 Å². The summed E-state index contributed by atoms with van der Waals surface area (Å²) < 4.78 is 0. The first-order valence-electron chi connectivity index (χ1n) is 5.72. The molecule has 0 radical (unpaired) electrons. The highest BCUT2D eigenvalue weighted by Gasteiger charge is 2.25. The summed E-state index contributed by atoms with van der Waals surface area (Å²) in [6.07, 6.45) is 5.62. The van der Waals surface area contributed by atoms with Gasteiger partial charge in [-0.2, -0.15) is 0 Å². The van der Waals surface area contributed by atoms with Crippen LogP contribution < -0.4 is 10.6 Å². The van der Waals surface area contributed by atoms with Crippen molar-refractivity contribution < 1.29 is 0 Å². The first-order valence-corrected chi connectivity index (χ1v) is 5.72. The minimum atomic E-state index is 0.499. The fourth-order valence-electron chi connectivity index (χ4n) is 2.01. The smallest absolute Gasteiger partial charge is 0.223 e. The Balaban J connectivity index is 1.70. The molecule has 2 N–H and O–H groups in total. The molecule has 1 aliphatic carbocycles. The summed E-state index contributed by atoms with van der Waals surface area (Å²) in [4.78, 5) is 8.81. The molecule has 0 aromatic carbocycles. The van der Waals surface area contributed by atoms with Crippen LogP contribution >= 0.6 is 0 Å². The first-order chi connectivity index (χ1) is 7.42. The highest BCUT2D eigenvalue weighted by Crippen LogP contribution is 2.38. The van der Waals surface area contributed by atoms with Gasteiger partial charge in [0.2, 0.25) is 5.95 Å². The van der Waals surface area contributed by atoms with Crippen LogP contribution in [0.2, 0.25) is 0 Å². The van der Waals surface area contributed by atoms with Gasteiger partial charge in [-0.05, 0) is 31.9 Å². The van der Waals surface area contributed by atoms with Crippen LogP contribution in [-0.4, -0.2) is 29.1 Å². The fourth-order valence-corrected chi connectivity index (χ4v) is 2.01. The third-order valence-corrected chi connectivity index (χ3v) is 3.07. The van der Waals surface area contributed by atoms with Gasteiger partial charge in [0.15, 0.2) is 0 Å². The topological polar surface area (TPSA) is 49.8 Å². The van der Waals surface area contributed by atoms with Gasteiger partial charge in [0.25, 0.3) is 0 Å². The fraction of sp³-hybridized carbons (Fsp3) is 0.636. The quantitative estimate of drug-likeness (QED) is 0.775. The maximum Gasteiger partial charge on any atom is 0.223 e. The Morgan fingerprint density at radius 1 is 1.33 bits per heavy atom. The molecule has 0 unspecified atom stereocenters. The van der Waals surface area contributed by atoms with E-state index in [1.165, 1.54) is 18.5 Å². The molecule has 0 bridgehead atoms. The number of aromatic nitrogens is 2. The molecule has 4 nitrogen and oxygen atoms in total. The van der Waals surface area contributed by atoms with Crippen molar-refractivity contribution in [3.63, 3.8) is 0 Å². The third kappa shape index (κ3) is 2.09. The number of anilines is 1. The molecule has 2 aliphatic rings. The van der Waals surface area contributed by atoms with Crippen molar-refractivity contribution in [1.82, 2.24) is 15.3 Å². The van der Waals surface area contributed by atoms with Crippen LogP contribution in [0, 0.1) is 0 Å². The van der Waals surface area contributed by atoms with Crippen LogP contribution in [0.25, 0.3) is 0 Å². The van der Waals surface area contributed by atoms with E-state index < -0.39 is 0 Å². The van der Waals surface area contributed by atoms with E-state index in [0.29, 0.717) is 12.0 Å². The van der Waals surface area contributed by atoms with Crippen molar-refractivity contribution in [1.29, 1.82) is 0 Å². The van der Waals surface area contributed by atoms with Crippen LogP contribution in [0.1, 0.15) is 30.9 Å². The molecule has 2 heterocycles. The summed E-state index contributed by atoms with van der Waals surface area (Å²) in [5, 5.41) is 6.70. The van der Waals surface area contributed by atoms with Crippen LogP contribution in [-0.2, 0) is 0 Å². The van der Waals surface area contributed by atoms with Crippen molar-refractivity contribution in [2.24, 2.45) is 0 Å². The maximum atomic E-state index is 4.55. The molecule has 4 heteroatoms. The van der Waals surface area contributed by atoms with Crippen LogP contribution in [0.4, 0.5) is 5.95 Å². The van der Waals surface area contributed by atoms with E-state index in [1.54, 1.807) is 0 Å². The number of hydrogen-bond acceptors (Lipinski definition) is 4. The monoisotopic (exact) mass is 204 g/mol. The number of nitrogens with zero attached hydrogens (tertiary/aromatic N) is 2. The van der Waals surface area contributed by atoms with Crippen molar-refractivity contribution in [2.75, 3.05) is 18.4 Å². The van der Waals surface area contributed by atoms with E-state index >= 15 is 0 Å². The van der Waals surface area contributed by atoms with Gasteiger partial charge in [0, 0.05) is 30.4 Å². The van der Waals surface area contributed by atoms with E-state index in [4.69, 9.17) is 0 Å². The lowest BCUT2D eigenvalue weighted by Crippen LogP contribution is -2.23. The van der Waals surface area contributed by atoms with Gasteiger partial charge in [-0.25, -0.2) is 9.97 Å². The summed E-state index contributed by atoms with van der Waals surface area (Å²) in [6, 6.07) is 2.54. The SMILES string of the molecule is c1cc(C2CC2)nc(N[C@H]2CCNC2)n1. The Labute approximate surface area is 89.5 Å². The molecule has 80 valence electrons. The van der Waals surface area contributed by atoms with Gasteiger partial charge >= 0.3 is 0 Å². The van der Waals surface area contributed by atoms with Gasteiger partial charge in [0.1, 0.15) is 0 Å². The average Bonchev–Trinajstić information content (AvgIpc) is 3.00. The normalized spacial score (nSPS) is 25.5. The third-order valence-electron chi connectivity index (χ3n) is 3.07. The Kier molecular flexibility index (Phi) is 2.29. The summed E-state index contributed by atoms with van der Waals surface area (Å²) in [7, 11) is 0. The van der Waals surface area contributed by atoms with Crippen LogP contribution in [0.3, 0.4) is 0 Å². The van der Waals surface area contributed by atoms with E-state index in [-0.39, 0.29) is 0 Å². The Morgan fingerprint density at radius 2 is 2.27 bits per heavy atom. The maximum absolute atomic E-state index is 4.55. The molecule has 1 saturated heterocycles. The van der Waals surface area contributed by atoms with Crippen molar-refractivity contribution in [3.8, 4) is 0 Å². The highest BCUT2D eigenvalue weighted by atomic mass is 15.1. The van der Waals surface area contributed by atoms with E-state index in [9.17, 15) is 0 Å². The number of nitrogens with one attached hydrogen (secondary N) is 2. The second-order valence-corrected chi connectivity index (χ2v) is 4.41. The predicted octanol–water partition coefficient (Wildman–Crippen LogP) is 1.13. The lowest BCUT2D eigenvalue weighted by molar-refractivity contribution is 0.777. The zero-order valence-corrected chi connectivity index (χ0v) is 8.74.